The van der Waals surface area contributed by atoms with E-state index in [1.165, 1.54) is 121 Å². The van der Waals surface area contributed by atoms with Crippen LogP contribution in [0.5, 0.6) is 0 Å². The summed E-state index contributed by atoms with van der Waals surface area (Å²) in [4.78, 5) is 5.21. The third kappa shape index (κ3) is 6.68. The van der Waals surface area contributed by atoms with E-state index in [1.54, 1.807) is 0 Å². The van der Waals surface area contributed by atoms with Crippen LogP contribution in [0.3, 0.4) is 0 Å². The lowest BCUT2D eigenvalue weighted by Gasteiger charge is -2.45. The molecule has 0 radical (unpaired) electrons. The average Bonchev–Trinajstić information content (AvgIpc) is 3.37. The lowest BCUT2D eigenvalue weighted by Crippen LogP contribution is -2.61. The molecule has 2 heterocycles. The largest absolute Gasteiger partial charge is 0.311 e. The van der Waals surface area contributed by atoms with Gasteiger partial charge in [-0.05, 0) is 154 Å². The second-order valence-corrected chi connectivity index (χ2v) is 22.2. The highest BCUT2D eigenvalue weighted by Crippen LogP contribution is 2.50. The summed E-state index contributed by atoms with van der Waals surface area (Å²) >= 11 is 0. The topological polar surface area (TPSA) is 6.48 Å². The molecule has 10 aromatic rings. The monoisotopic (exact) mass is 892 g/mol. The van der Waals surface area contributed by atoms with Gasteiger partial charge in [-0.1, -0.05) is 196 Å². The van der Waals surface area contributed by atoms with Crippen LogP contribution in [-0.2, 0) is 16.2 Å². The molecule has 0 amide bonds. The first kappa shape index (κ1) is 43.2. The summed E-state index contributed by atoms with van der Waals surface area (Å²) in [6.45, 7) is 21.3. The average molecular weight is 893 g/mol. The Labute approximate surface area is 409 Å². The van der Waals surface area contributed by atoms with Crippen LogP contribution in [0, 0.1) is 0 Å². The van der Waals surface area contributed by atoms with Crippen molar-refractivity contribution >= 4 is 100 Å². The van der Waals surface area contributed by atoms with Crippen molar-refractivity contribution < 1.29 is 0 Å². The number of anilines is 6. The Hall–Kier alpha value is -7.10. The molecule has 3 heteroatoms. The Balaban J connectivity index is 1.18. The van der Waals surface area contributed by atoms with E-state index in [4.69, 9.17) is 0 Å². The Kier molecular flexibility index (Phi) is 9.84. The zero-order valence-corrected chi connectivity index (χ0v) is 41.7. The van der Waals surface area contributed by atoms with Crippen LogP contribution >= 0.6 is 0 Å². The summed E-state index contributed by atoms with van der Waals surface area (Å²) in [5.41, 5.74) is 17.9. The van der Waals surface area contributed by atoms with E-state index in [0.29, 0.717) is 0 Å². The highest BCUT2D eigenvalue weighted by molar-refractivity contribution is 7.00. The molecule has 12 rings (SSSR count). The molecule has 2 aliphatic heterocycles. The van der Waals surface area contributed by atoms with Crippen LogP contribution in [0.2, 0.25) is 0 Å². The van der Waals surface area contributed by atoms with Crippen molar-refractivity contribution in [2.75, 3.05) is 9.80 Å². The fourth-order valence-electron chi connectivity index (χ4n) is 11.6. The third-order valence-corrected chi connectivity index (χ3v) is 16.5. The first-order valence-corrected chi connectivity index (χ1v) is 25.3. The molecule has 2 nitrogen and oxygen atoms in total. The van der Waals surface area contributed by atoms with Crippen molar-refractivity contribution in [2.45, 2.75) is 91.4 Å². The van der Waals surface area contributed by atoms with Crippen LogP contribution in [0.15, 0.2) is 182 Å². The van der Waals surface area contributed by atoms with E-state index in [0.717, 1.165) is 12.8 Å². The molecule has 0 fully saturated rings. The van der Waals surface area contributed by atoms with E-state index in [1.807, 2.05) is 0 Å². The predicted octanol–water partition coefficient (Wildman–Crippen LogP) is 16.7. The Morgan fingerprint density at radius 1 is 0.362 bits per heavy atom. The quantitative estimate of drug-likeness (QED) is 0.116. The van der Waals surface area contributed by atoms with E-state index in [9.17, 15) is 0 Å². The number of hydrogen-bond donors (Lipinski definition) is 0. The van der Waals surface area contributed by atoms with Crippen molar-refractivity contribution in [1.82, 2.24) is 0 Å². The molecule has 338 valence electrons. The molecule has 69 heavy (non-hydrogen) atoms. The molecule has 0 atom stereocenters. The molecule has 2 aliphatic rings. The number of nitrogens with zero attached hydrogens (tertiary/aromatic N) is 2. The zero-order valence-electron chi connectivity index (χ0n) is 41.7. The molecule has 0 saturated heterocycles. The molecule has 0 unspecified atom stereocenters. The van der Waals surface area contributed by atoms with Gasteiger partial charge in [-0.3, -0.25) is 0 Å². The fraction of sp³-hybridized carbons (Fsp3) is 0.212. The molecular weight excluding hydrogens is 832 g/mol. The van der Waals surface area contributed by atoms with Crippen molar-refractivity contribution in [2.24, 2.45) is 0 Å². The standard InChI is InChI=1S/C66H61BN2/c1-10-65(6,7)45-32-36-59-55(40-45)67-56-41-46(66(8,9)11-2)33-37-60(56)69(62-29-19-28-61(63(62)67)68(59)57-27-18-21-42-20-12-13-22-47(42)57)58-35-31-44(64(3,4)5)39-53(58)43-30-34-52-50-25-15-14-23-48(50)49-24-16-17-26-51(49)54(52)38-43/h12-41H,10-11H2,1-9H3. The van der Waals surface area contributed by atoms with Crippen molar-refractivity contribution in [3.63, 3.8) is 0 Å². The number of fused-ring (bicyclic) bond motifs is 11. The molecule has 0 saturated carbocycles. The van der Waals surface area contributed by atoms with E-state index >= 15 is 0 Å². The van der Waals surface area contributed by atoms with E-state index < -0.39 is 0 Å². The maximum atomic E-state index is 2.63. The maximum Gasteiger partial charge on any atom is 0.252 e. The van der Waals surface area contributed by atoms with Gasteiger partial charge < -0.3 is 9.80 Å². The van der Waals surface area contributed by atoms with Crippen LogP contribution in [-0.4, -0.2) is 6.71 Å². The van der Waals surface area contributed by atoms with Gasteiger partial charge >= 0.3 is 0 Å². The number of rotatable bonds is 7. The van der Waals surface area contributed by atoms with Gasteiger partial charge in [-0.25, -0.2) is 0 Å². The summed E-state index contributed by atoms with van der Waals surface area (Å²) in [7, 11) is 0. The lowest BCUT2D eigenvalue weighted by atomic mass is 9.33. The maximum absolute atomic E-state index is 2.63. The number of hydrogen-bond acceptors (Lipinski definition) is 2. The Morgan fingerprint density at radius 2 is 0.812 bits per heavy atom. The van der Waals surface area contributed by atoms with Crippen LogP contribution in [0.1, 0.15) is 91.8 Å². The van der Waals surface area contributed by atoms with Crippen molar-refractivity contribution in [1.29, 1.82) is 0 Å². The summed E-state index contributed by atoms with van der Waals surface area (Å²) < 4.78 is 0. The van der Waals surface area contributed by atoms with Crippen molar-refractivity contribution in [3.05, 3.63) is 199 Å². The summed E-state index contributed by atoms with van der Waals surface area (Å²) in [5, 5.41) is 10.2. The fourth-order valence-corrected chi connectivity index (χ4v) is 11.6. The minimum absolute atomic E-state index is 0.00422. The molecule has 0 spiro atoms. The first-order chi connectivity index (χ1) is 33.3. The van der Waals surface area contributed by atoms with Crippen LogP contribution < -0.4 is 26.2 Å². The minimum atomic E-state index is -0.0584. The van der Waals surface area contributed by atoms with Gasteiger partial charge in [0.15, 0.2) is 0 Å². The molecule has 0 aromatic heterocycles. The second kappa shape index (κ2) is 15.7. The van der Waals surface area contributed by atoms with Gasteiger partial charge in [-0.15, -0.1) is 0 Å². The molecule has 0 aliphatic carbocycles. The predicted molar refractivity (Wildman–Crippen MR) is 301 cm³/mol. The highest BCUT2D eigenvalue weighted by Gasteiger charge is 2.45. The lowest BCUT2D eigenvalue weighted by molar-refractivity contribution is 0.506. The third-order valence-electron chi connectivity index (χ3n) is 16.5. The van der Waals surface area contributed by atoms with Gasteiger partial charge in [0, 0.05) is 33.7 Å². The van der Waals surface area contributed by atoms with E-state index in [-0.39, 0.29) is 23.0 Å². The smallest absolute Gasteiger partial charge is 0.252 e. The van der Waals surface area contributed by atoms with Gasteiger partial charge in [0.05, 0.1) is 11.4 Å². The van der Waals surface area contributed by atoms with Gasteiger partial charge in [0.2, 0.25) is 0 Å². The summed E-state index contributed by atoms with van der Waals surface area (Å²) in [6.07, 6.45) is 2.10. The number of benzene rings is 10. The van der Waals surface area contributed by atoms with Crippen LogP contribution in [0.4, 0.5) is 34.1 Å². The van der Waals surface area contributed by atoms with Crippen LogP contribution in [0.25, 0.3) is 54.2 Å². The zero-order chi connectivity index (χ0) is 47.6. The van der Waals surface area contributed by atoms with E-state index in [2.05, 4.69) is 254 Å². The van der Waals surface area contributed by atoms with Gasteiger partial charge in [-0.2, -0.15) is 0 Å². The molecule has 0 bridgehead atoms. The first-order valence-electron chi connectivity index (χ1n) is 25.3. The van der Waals surface area contributed by atoms with Gasteiger partial charge in [0.25, 0.3) is 6.71 Å². The van der Waals surface area contributed by atoms with Gasteiger partial charge in [0.1, 0.15) is 0 Å². The normalized spacial score (nSPS) is 13.6. The summed E-state index contributed by atoms with van der Waals surface area (Å²) in [6, 6.07) is 70.0. The molecule has 10 aromatic carbocycles. The summed E-state index contributed by atoms with van der Waals surface area (Å²) in [5.74, 6) is 0. The highest BCUT2D eigenvalue weighted by atomic mass is 15.2. The molecule has 0 N–H and O–H groups in total. The minimum Gasteiger partial charge on any atom is -0.311 e. The Morgan fingerprint density at radius 3 is 1.38 bits per heavy atom. The molecular formula is C66H61BN2. The second-order valence-electron chi connectivity index (χ2n) is 22.2. The van der Waals surface area contributed by atoms with Crippen molar-refractivity contribution in [3.8, 4) is 11.1 Å². The Bertz CT molecular complexity index is 3680. The SMILES string of the molecule is CCC(C)(C)c1ccc2c(c1)B1c3cc(C(C)(C)CC)ccc3N(c3cccc4ccccc34)c3cccc(c31)N2c1ccc(C(C)(C)C)cc1-c1ccc2c3ccccc3c3ccccc3c2c1.